The lowest BCUT2D eigenvalue weighted by Gasteiger charge is -2.04. The Hall–Kier alpha value is -1.94. The fraction of sp³-hybridized carbons (Fsp3) is 0.214. The van der Waals surface area contributed by atoms with Crippen LogP contribution < -0.4 is 0 Å². The van der Waals surface area contributed by atoms with Gasteiger partial charge in [-0.15, -0.1) is 10.2 Å². The summed E-state index contributed by atoms with van der Waals surface area (Å²) in [5.74, 6) is 0.834. The van der Waals surface area contributed by atoms with E-state index in [2.05, 4.69) is 40.4 Å². The van der Waals surface area contributed by atoms with Gasteiger partial charge in [-0.2, -0.15) is 9.61 Å². The second kappa shape index (κ2) is 4.97. The highest BCUT2D eigenvalue weighted by atomic mass is 35.5. The first-order chi connectivity index (χ1) is 9.24. The van der Waals surface area contributed by atoms with E-state index in [1.165, 1.54) is 11.1 Å². The van der Waals surface area contributed by atoms with Gasteiger partial charge in [0.15, 0.2) is 11.5 Å². The number of rotatable bonds is 3. The SMILES string of the molecule is Cc1ccccc1CCc1nnc2ccc(Cl)nn12. The summed E-state index contributed by atoms with van der Waals surface area (Å²) in [5.41, 5.74) is 3.34. The predicted octanol–water partition coefficient (Wildman–Crippen LogP) is 2.87. The maximum absolute atomic E-state index is 5.90. The molecule has 0 aliphatic heterocycles. The van der Waals surface area contributed by atoms with Gasteiger partial charge in [-0.3, -0.25) is 0 Å². The summed E-state index contributed by atoms with van der Waals surface area (Å²) >= 11 is 5.90. The zero-order chi connectivity index (χ0) is 13.2. The molecular weight excluding hydrogens is 260 g/mol. The number of halogens is 1. The van der Waals surface area contributed by atoms with E-state index >= 15 is 0 Å². The smallest absolute Gasteiger partial charge is 0.178 e. The summed E-state index contributed by atoms with van der Waals surface area (Å²) in [6, 6.07) is 11.9. The average molecular weight is 273 g/mol. The average Bonchev–Trinajstić information content (AvgIpc) is 2.80. The van der Waals surface area contributed by atoms with Gasteiger partial charge in [-0.25, -0.2) is 0 Å². The van der Waals surface area contributed by atoms with Crippen LogP contribution in [-0.4, -0.2) is 19.8 Å². The van der Waals surface area contributed by atoms with Gasteiger partial charge in [-0.1, -0.05) is 35.9 Å². The lowest BCUT2D eigenvalue weighted by molar-refractivity contribution is 0.782. The third-order valence-corrected chi connectivity index (χ3v) is 3.38. The maximum Gasteiger partial charge on any atom is 0.178 e. The highest BCUT2D eigenvalue weighted by molar-refractivity contribution is 6.29. The zero-order valence-corrected chi connectivity index (χ0v) is 11.3. The van der Waals surface area contributed by atoms with Crippen LogP contribution in [0.1, 0.15) is 17.0 Å². The summed E-state index contributed by atoms with van der Waals surface area (Å²) in [7, 11) is 0. The van der Waals surface area contributed by atoms with Crippen molar-refractivity contribution in [2.45, 2.75) is 19.8 Å². The Morgan fingerprint density at radius 3 is 2.74 bits per heavy atom. The quantitative estimate of drug-likeness (QED) is 0.736. The van der Waals surface area contributed by atoms with Gasteiger partial charge in [0, 0.05) is 6.42 Å². The van der Waals surface area contributed by atoms with Crippen LogP contribution in [-0.2, 0) is 12.8 Å². The summed E-state index contributed by atoms with van der Waals surface area (Å²) in [5, 5.41) is 12.9. The van der Waals surface area contributed by atoms with Crippen molar-refractivity contribution in [3.63, 3.8) is 0 Å². The van der Waals surface area contributed by atoms with Crippen LogP contribution in [0.2, 0.25) is 5.15 Å². The van der Waals surface area contributed by atoms with Crippen LogP contribution in [0.5, 0.6) is 0 Å². The van der Waals surface area contributed by atoms with Gasteiger partial charge >= 0.3 is 0 Å². The van der Waals surface area contributed by atoms with Crippen molar-refractivity contribution in [1.29, 1.82) is 0 Å². The largest absolute Gasteiger partial charge is 0.196 e. The van der Waals surface area contributed by atoms with Crippen LogP contribution >= 0.6 is 11.6 Å². The zero-order valence-electron chi connectivity index (χ0n) is 10.5. The number of hydrogen-bond donors (Lipinski definition) is 0. The maximum atomic E-state index is 5.90. The number of aryl methyl sites for hydroxylation is 3. The molecule has 0 fully saturated rings. The van der Waals surface area contributed by atoms with Gasteiger partial charge in [0.05, 0.1) is 0 Å². The molecule has 0 amide bonds. The van der Waals surface area contributed by atoms with E-state index in [4.69, 9.17) is 11.6 Å². The highest BCUT2D eigenvalue weighted by Gasteiger charge is 2.08. The standard InChI is InChI=1S/C14H13ClN4/c1-10-4-2-3-5-11(10)6-8-13-16-17-14-9-7-12(15)18-19(13)14/h2-5,7,9H,6,8H2,1H3. The van der Waals surface area contributed by atoms with E-state index < -0.39 is 0 Å². The first kappa shape index (κ1) is 12.1. The van der Waals surface area contributed by atoms with Gasteiger partial charge in [0.1, 0.15) is 5.15 Å². The van der Waals surface area contributed by atoms with Gasteiger partial charge < -0.3 is 0 Å². The molecule has 96 valence electrons. The third-order valence-electron chi connectivity index (χ3n) is 3.17. The van der Waals surface area contributed by atoms with Crippen LogP contribution in [0.4, 0.5) is 0 Å². The molecule has 0 spiro atoms. The molecule has 3 rings (SSSR count). The van der Waals surface area contributed by atoms with E-state index in [9.17, 15) is 0 Å². The van der Waals surface area contributed by atoms with E-state index in [1.807, 2.05) is 12.1 Å². The number of nitrogens with zero attached hydrogens (tertiary/aromatic N) is 4. The Morgan fingerprint density at radius 1 is 1.05 bits per heavy atom. The van der Waals surface area contributed by atoms with Gasteiger partial charge in [0.2, 0.25) is 0 Å². The third kappa shape index (κ3) is 2.44. The minimum absolute atomic E-state index is 0.449. The topological polar surface area (TPSA) is 43.1 Å². The molecule has 0 N–H and O–H groups in total. The molecule has 0 bridgehead atoms. The van der Waals surface area contributed by atoms with Crippen molar-refractivity contribution in [2.75, 3.05) is 0 Å². The van der Waals surface area contributed by atoms with Crippen molar-refractivity contribution in [3.05, 3.63) is 58.5 Å². The Bertz CT molecular complexity index is 720. The molecule has 0 aliphatic rings. The number of aromatic nitrogens is 4. The van der Waals surface area contributed by atoms with Crippen LogP contribution in [0, 0.1) is 6.92 Å². The molecular formula is C14H13ClN4. The lowest BCUT2D eigenvalue weighted by atomic mass is 10.0. The fourth-order valence-electron chi connectivity index (χ4n) is 2.10. The summed E-state index contributed by atoms with van der Waals surface area (Å²) in [4.78, 5) is 0. The Kier molecular flexibility index (Phi) is 3.17. The Balaban J connectivity index is 1.86. The molecule has 1 aromatic carbocycles. The first-order valence-corrected chi connectivity index (χ1v) is 6.53. The molecule has 4 nitrogen and oxygen atoms in total. The molecule has 0 unspecified atom stereocenters. The number of benzene rings is 1. The summed E-state index contributed by atoms with van der Waals surface area (Å²) < 4.78 is 1.71. The fourth-order valence-corrected chi connectivity index (χ4v) is 2.24. The predicted molar refractivity (Wildman–Crippen MR) is 74.4 cm³/mol. The van der Waals surface area contributed by atoms with Crippen molar-refractivity contribution in [1.82, 2.24) is 19.8 Å². The van der Waals surface area contributed by atoms with E-state index in [-0.39, 0.29) is 0 Å². The van der Waals surface area contributed by atoms with E-state index in [0.717, 1.165) is 24.3 Å². The minimum Gasteiger partial charge on any atom is -0.196 e. The van der Waals surface area contributed by atoms with Crippen molar-refractivity contribution < 1.29 is 0 Å². The Morgan fingerprint density at radius 2 is 1.89 bits per heavy atom. The molecule has 5 heteroatoms. The van der Waals surface area contributed by atoms with Gasteiger partial charge in [-0.05, 0) is 36.6 Å². The van der Waals surface area contributed by atoms with Crippen LogP contribution in [0.3, 0.4) is 0 Å². The van der Waals surface area contributed by atoms with Crippen molar-refractivity contribution in [2.24, 2.45) is 0 Å². The second-order valence-electron chi connectivity index (χ2n) is 4.47. The molecule has 0 radical (unpaired) electrons. The van der Waals surface area contributed by atoms with Crippen LogP contribution in [0.25, 0.3) is 5.65 Å². The van der Waals surface area contributed by atoms with E-state index in [0.29, 0.717) is 5.15 Å². The highest BCUT2D eigenvalue weighted by Crippen LogP contribution is 2.12. The molecule has 0 saturated carbocycles. The minimum atomic E-state index is 0.449. The molecule has 0 atom stereocenters. The molecule has 0 aliphatic carbocycles. The van der Waals surface area contributed by atoms with Gasteiger partial charge in [0.25, 0.3) is 0 Å². The summed E-state index contributed by atoms with van der Waals surface area (Å²) in [6.07, 6.45) is 1.71. The molecule has 2 aromatic heterocycles. The van der Waals surface area contributed by atoms with Crippen LogP contribution in [0.15, 0.2) is 36.4 Å². The molecule has 3 aromatic rings. The summed E-state index contributed by atoms with van der Waals surface area (Å²) in [6.45, 7) is 2.12. The molecule has 2 heterocycles. The number of hydrogen-bond acceptors (Lipinski definition) is 3. The Labute approximate surface area is 116 Å². The normalized spacial score (nSPS) is 11.1. The monoisotopic (exact) mass is 272 g/mol. The molecule has 19 heavy (non-hydrogen) atoms. The van der Waals surface area contributed by atoms with Crippen molar-refractivity contribution in [3.8, 4) is 0 Å². The molecule has 0 saturated heterocycles. The first-order valence-electron chi connectivity index (χ1n) is 6.15. The lowest BCUT2D eigenvalue weighted by Crippen LogP contribution is -2.02. The van der Waals surface area contributed by atoms with Crippen molar-refractivity contribution >= 4 is 17.2 Å². The second-order valence-corrected chi connectivity index (χ2v) is 4.86. The van der Waals surface area contributed by atoms with E-state index in [1.54, 1.807) is 10.6 Å². The number of fused-ring (bicyclic) bond motifs is 1.